The molecule has 2 bridgehead atoms. The molecular formula is C33H41N3O7. The molecule has 1 saturated heterocycles. The molecule has 2 aromatic rings. The van der Waals surface area contributed by atoms with E-state index in [9.17, 15) is 19.2 Å². The quantitative estimate of drug-likeness (QED) is 0.408. The number of ether oxygens (including phenoxy) is 3. The van der Waals surface area contributed by atoms with Gasteiger partial charge in [-0.2, -0.15) is 0 Å². The van der Waals surface area contributed by atoms with Crippen molar-refractivity contribution >= 4 is 28.7 Å². The zero-order valence-electron chi connectivity index (χ0n) is 24.7. The average Bonchev–Trinajstić information content (AvgIpc) is 3.78. The van der Waals surface area contributed by atoms with E-state index in [4.69, 9.17) is 14.2 Å². The van der Waals surface area contributed by atoms with Gasteiger partial charge in [-0.3, -0.25) is 14.2 Å². The predicted octanol–water partition coefficient (Wildman–Crippen LogP) is 4.33. The van der Waals surface area contributed by atoms with E-state index in [2.05, 4.69) is 17.5 Å². The van der Waals surface area contributed by atoms with Gasteiger partial charge >= 0.3 is 12.1 Å². The van der Waals surface area contributed by atoms with E-state index >= 15 is 0 Å². The Morgan fingerprint density at radius 1 is 0.977 bits per heavy atom. The second kappa shape index (κ2) is 12.8. The molecule has 3 heterocycles. The lowest BCUT2D eigenvalue weighted by Gasteiger charge is -2.31. The number of esters is 1. The van der Waals surface area contributed by atoms with Crippen molar-refractivity contribution in [2.24, 2.45) is 11.8 Å². The monoisotopic (exact) mass is 591 g/mol. The lowest BCUT2D eigenvalue weighted by Crippen LogP contribution is -2.55. The van der Waals surface area contributed by atoms with Crippen LogP contribution in [0.1, 0.15) is 64.2 Å². The van der Waals surface area contributed by atoms with Gasteiger partial charge in [0.1, 0.15) is 24.3 Å². The van der Waals surface area contributed by atoms with Gasteiger partial charge in [0.05, 0.1) is 13.7 Å². The zero-order valence-corrected chi connectivity index (χ0v) is 24.7. The number of carbonyl (C=O) groups is 3. The van der Waals surface area contributed by atoms with Gasteiger partial charge in [-0.25, -0.2) is 9.59 Å². The standard InChI is InChI=1S/C33H41N3O7/c1-41-32(39)26-19-24-20-36(26)31(38)29(22-11-4-5-12-22)34-33(40)43-27-16-9-14-21(27)10-3-2-8-17-35-28(42-24)18-23-13-6-7-15-25(23)30(35)37/h2-3,6-7,13,15,18,21-22,24,26-27,29H,4-5,8-12,14,16-17,19-20H2,1H3,(H,34,40)/b3-2+/t21-,24-,26+,27-,29+/m1/s1. The van der Waals surface area contributed by atoms with Crippen molar-refractivity contribution < 1.29 is 28.6 Å². The van der Waals surface area contributed by atoms with Crippen molar-refractivity contribution in [3.05, 3.63) is 52.8 Å². The van der Waals surface area contributed by atoms with Crippen LogP contribution in [0.4, 0.5) is 4.79 Å². The Morgan fingerprint density at radius 3 is 2.58 bits per heavy atom. The van der Waals surface area contributed by atoms with Crippen molar-refractivity contribution in [3.8, 4) is 5.88 Å². The molecule has 1 aromatic carbocycles. The van der Waals surface area contributed by atoms with Crippen LogP contribution in [0.25, 0.3) is 10.8 Å². The Labute approximate surface area is 251 Å². The summed E-state index contributed by atoms with van der Waals surface area (Å²) >= 11 is 0. The lowest BCUT2D eigenvalue weighted by molar-refractivity contribution is -0.152. The molecule has 2 saturated carbocycles. The van der Waals surface area contributed by atoms with E-state index in [-0.39, 0.29) is 42.4 Å². The Kier molecular flexibility index (Phi) is 8.72. The Hall–Kier alpha value is -3.82. The maximum Gasteiger partial charge on any atom is 0.408 e. The van der Waals surface area contributed by atoms with Crippen LogP contribution in [-0.4, -0.2) is 65.4 Å². The highest BCUT2D eigenvalue weighted by Gasteiger charge is 2.46. The molecule has 3 fully saturated rings. The summed E-state index contributed by atoms with van der Waals surface area (Å²) < 4.78 is 19.1. The Bertz CT molecular complexity index is 1450. The molecule has 230 valence electrons. The number of methoxy groups -OCH3 is 1. The molecule has 2 aliphatic heterocycles. The van der Waals surface area contributed by atoms with E-state index < -0.39 is 30.3 Å². The summed E-state index contributed by atoms with van der Waals surface area (Å²) in [6.07, 6.45) is 10.8. The molecule has 10 nitrogen and oxygen atoms in total. The van der Waals surface area contributed by atoms with Gasteiger partial charge in [0.25, 0.3) is 5.56 Å². The molecule has 4 aliphatic rings. The third-order valence-electron chi connectivity index (χ3n) is 9.67. The number of carbonyl (C=O) groups excluding carboxylic acids is 3. The van der Waals surface area contributed by atoms with Gasteiger partial charge in [-0.15, -0.1) is 0 Å². The first kappa shape index (κ1) is 29.3. The third-order valence-corrected chi connectivity index (χ3v) is 9.67. The predicted molar refractivity (Wildman–Crippen MR) is 160 cm³/mol. The molecule has 6 rings (SSSR count). The van der Waals surface area contributed by atoms with Crippen LogP contribution in [0, 0.1) is 11.8 Å². The van der Waals surface area contributed by atoms with Crippen LogP contribution < -0.4 is 15.6 Å². The molecule has 43 heavy (non-hydrogen) atoms. The molecule has 2 amide bonds. The summed E-state index contributed by atoms with van der Waals surface area (Å²) in [4.78, 5) is 55.5. The Balaban J connectivity index is 1.37. The number of fused-ring (bicyclic) bond motifs is 5. The minimum atomic E-state index is -0.867. The molecule has 1 aromatic heterocycles. The summed E-state index contributed by atoms with van der Waals surface area (Å²) in [7, 11) is 1.30. The van der Waals surface area contributed by atoms with E-state index in [0.717, 1.165) is 56.8 Å². The fraction of sp³-hybridized carbons (Fsp3) is 0.576. The number of amides is 2. The first-order valence-electron chi connectivity index (χ1n) is 15.7. The highest BCUT2D eigenvalue weighted by Crippen LogP contribution is 2.34. The number of allylic oxidation sites excluding steroid dienone is 2. The van der Waals surface area contributed by atoms with Gasteiger partial charge in [-0.1, -0.05) is 43.2 Å². The number of rotatable bonds is 2. The Morgan fingerprint density at radius 2 is 1.77 bits per heavy atom. The van der Waals surface area contributed by atoms with E-state index in [1.807, 2.05) is 30.3 Å². The summed E-state index contributed by atoms with van der Waals surface area (Å²) in [6.45, 7) is 0.548. The first-order chi connectivity index (χ1) is 20.9. The van der Waals surface area contributed by atoms with Crippen molar-refractivity contribution in [3.63, 3.8) is 0 Å². The van der Waals surface area contributed by atoms with Crippen LogP contribution in [0.15, 0.2) is 47.3 Å². The first-order valence-corrected chi connectivity index (χ1v) is 15.7. The molecule has 0 spiro atoms. The van der Waals surface area contributed by atoms with Gasteiger partial charge in [-0.05, 0) is 68.2 Å². The zero-order chi connectivity index (χ0) is 29.9. The lowest BCUT2D eigenvalue weighted by atomic mass is 9.96. The summed E-state index contributed by atoms with van der Waals surface area (Å²) in [5.41, 5.74) is -0.139. The number of aromatic nitrogens is 1. The smallest absolute Gasteiger partial charge is 0.408 e. The van der Waals surface area contributed by atoms with E-state index in [1.54, 1.807) is 4.57 Å². The largest absolute Gasteiger partial charge is 0.473 e. The van der Waals surface area contributed by atoms with Crippen LogP contribution in [-0.2, 0) is 25.6 Å². The number of hydrogen-bond acceptors (Lipinski definition) is 7. The van der Waals surface area contributed by atoms with Crippen LogP contribution in [0.2, 0.25) is 0 Å². The van der Waals surface area contributed by atoms with E-state index in [0.29, 0.717) is 24.2 Å². The molecule has 0 radical (unpaired) electrons. The molecular weight excluding hydrogens is 550 g/mol. The fourth-order valence-electron chi connectivity index (χ4n) is 7.41. The third kappa shape index (κ3) is 6.15. The normalized spacial score (nSPS) is 29.5. The number of pyridine rings is 1. The molecule has 5 atom stereocenters. The van der Waals surface area contributed by atoms with Gasteiger partial charge in [0.2, 0.25) is 5.91 Å². The number of nitrogens with one attached hydrogen (secondary N) is 1. The number of benzene rings is 1. The van der Waals surface area contributed by atoms with Gasteiger partial charge < -0.3 is 24.4 Å². The highest BCUT2D eigenvalue weighted by atomic mass is 16.6. The highest BCUT2D eigenvalue weighted by molar-refractivity contribution is 5.90. The van der Waals surface area contributed by atoms with E-state index in [1.165, 1.54) is 12.0 Å². The van der Waals surface area contributed by atoms with Crippen molar-refractivity contribution in [2.45, 2.75) is 95.0 Å². The van der Waals surface area contributed by atoms with Crippen LogP contribution >= 0.6 is 0 Å². The fourth-order valence-corrected chi connectivity index (χ4v) is 7.41. The maximum atomic E-state index is 14.2. The summed E-state index contributed by atoms with van der Waals surface area (Å²) in [5.74, 6) is -0.295. The summed E-state index contributed by atoms with van der Waals surface area (Å²) in [6, 6.07) is 7.60. The molecule has 10 heteroatoms. The van der Waals surface area contributed by atoms with Gasteiger partial charge in [0.15, 0.2) is 5.88 Å². The minimum Gasteiger partial charge on any atom is -0.473 e. The van der Waals surface area contributed by atoms with Crippen molar-refractivity contribution in [2.75, 3.05) is 13.7 Å². The number of nitrogens with zero attached hydrogens (tertiary/aromatic N) is 2. The molecule has 2 aliphatic carbocycles. The second-order valence-corrected chi connectivity index (χ2v) is 12.3. The minimum absolute atomic E-state index is 0.0445. The van der Waals surface area contributed by atoms with Gasteiger partial charge in [0, 0.05) is 24.4 Å². The maximum absolute atomic E-state index is 14.2. The second-order valence-electron chi connectivity index (χ2n) is 12.3. The number of alkyl carbamates (subject to hydrolysis) is 1. The average molecular weight is 592 g/mol. The topological polar surface area (TPSA) is 116 Å². The van der Waals surface area contributed by atoms with Crippen LogP contribution in [0.5, 0.6) is 5.88 Å². The number of hydrogen-bond donors (Lipinski definition) is 1. The molecule has 0 unspecified atom stereocenters. The SMILES string of the molecule is COC(=O)[C@@H]1C[C@@H]2CN1C(=O)[C@H](C1CCCC1)NC(=O)O[C@@H]1CCC[C@H]1C/C=C/CCn1c(cc3ccccc3c1=O)O2. The van der Waals surface area contributed by atoms with Crippen molar-refractivity contribution in [1.29, 1.82) is 0 Å². The van der Waals surface area contributed by atoms with Crippen molar-refractivity contribution in [1.82, 2.24) is 14.8 Å². The van der Waals surface area contributed by atoms with Crippen LogP contribution in [0.3, 0.4) is 0 Å². The summed E-state index contributed by atoms with van der Waals surface area (Å²) in [5, 5.41) is 4.30. The molecule has 1 N–H and O–H groups in total.